The number of methoxy groups -OCH3 is 1. The maximum absolute atomic E-state index is 6.27. The van der Waals surface area contributed by atoms with Crippen molar-refractivity contribution in [2.75, 3.05) is 7.11 Å². The second-order valence-corrected chi connectivity index (χ2v) is 8.31. The van der Waals surface area contributed by atoms with Gasteiger partial charge in [-0.1, -0.05) is 70.7 Å². The van der Waals surface area contributed by atoms with Gasteiger partial charge in [0.2, 0.25) is 0 Å². The predicted octanol–water partition coefficient (Wildman–Crippen LogP) is 7.89. The first-order chi connectivity index (χ1) is 14.4. The number of hydrogen-bond acceptors (Lipinski definition) is 2. The third-order valence-electron chi connectivity index (χ3n) is 4.68. The highest BCUT2D eigenvalue weighted by molar-refractivity contribution is 6.42. The van der Waals surface area contributed by atoms with E-state index in [9.17, 15) is 0 Å². The van der Waals surface area contributed by atoms with Gasteiger partial charge in [-0.3, -0.25) is 4.68 Å². The minimum absolute atomic E-state index is 0.479. The van der Waals surface area contributed by atoms with Crippen LogP contribution in [0, 0.1) is 0 Å². The summed E-state index contributed by atoms with van der Waals surface area (Å²) in [6.45, 7) is 0.550. The Labute approximate surface area is 194 Å². The zero-order chi connectivity index (χ0) is 21.3. The van der Waals surface area contributed by atoms with Crippen LogP contribution in [0.5, 0.6) is 5.75 Å². The molecular formula is C23H16Cl4N2O. The van der Waals surface area contributed by atoms with Crippen molar-refractivity contribution in [2.24, 2.45) is 0 Å². The number of hydrogen-bond donors (Lipinski definition) is 0. The minimum Gasteiger partial charge on any atom is -0.497 e. The molecule has 0 spiro atoms. The molecular weight excluding hydrogens is 462 g/mol. The lowest BCUT2D eigenvalue weighted by Crippen LogP contribution is -2.04. The van der Waals surface area contributed by atoms with Gasteiger partial charge in [0.25, 0.3) is 0 Å². The van der Waals surface area contributed by atoms with Crippen molar-refractivity contribution in [3.8, 4) is 28.3 Å². The van der Waals surface area contributed by atoms with E-state index in [-0.39, 0.29) is 0 Å². The van der Waals surface area contributed by atoms with Crippen molar-refractivity contribution in [2.45, 2.75) is 6.54 Å². The summed E-state index contributed by atoms with van der Waals surface area (Å²) in [5.41, 5.74) is 4.51. The third kappa shape index (κ3) is 4.45. The second-order valence-electron chi connectivity index (χ2n) is 6.68. The normalized spacial score (nSPS) is 11.0. The van der Waals surface area contributed by atoms with E-state index < -0.39 is 0 Å². The Balaban J connectivity index is 1.82. The molecule has 0 saturated heterocycles. The molecule has 4 aromatic rings. The van der Waals surface area contributed by atoms with Crippen LogP contribution in [-0.4, -0.2) is 16.9 Å². The van der Waals surface area contributed by atoms with E-state index in [0.717, 1.165) is 33.8 Å². The Kier molecular flexibility index (Phi) is 6.26. The Bertz CT molecular complexity index is 1220. The van der Waals surface area contributed by atoms with E-state index in [4.69, 9.17) is 56.2 Å². The molecule has 0 saturated carbocycles. The number of aromatic nitrogens is 2. The average Bonchev–Trinajstić information content (AvgIpc) is 3.16. The summed E-state index contributed by atoms with van der Waals surface area (Å²) in [6.07, 6.45) is 0. The van der Waals surface area contributed by atoms with Crippen LogP contribution in [0.3, 0.4) is 0 Å². The molecule has 7 heteroatoms. The fourth-order valence-electron chi connectivity index (χ4n) is 3.17. The van der Waals surface area contributed by atoms with E-state index in [1.165, 1.54) is 0 Å². The number of ether oxygens (including phenoxy) is 1. The molecule has 0 bridgehead atoms. The van der Waals surface area contributed by atoms with Crippen LogP contribution in [0.2, 0.25) is 20.1 Å². The monoisotopic (exact) mass is 476 g/mol. The molecule has 0 aliphatic rings. The van der Waals surface area contributed by atoms with Gasteiger partial charge < -0.3 is 4.74 Å². The molecule has 1 heterocycles. The van der Waals surface area contributed by atoms with Crippen LogP contribution in [0.1, 0.15) is 5.56 Å². The van der Waals surface area contributed by atoms with Gasteiger partial charge in [-0.2, -0.15) is 5.10 Å². The van der Waals surface area contributed by atoms with Crippen LogP contribution in [0.15, 0.2) is 66.7 Å². The largest absolute Gasteiger partial charge is 0.497 e. The first kappa shape index (κ1) is 21.1. The summed E-state index contributed by atoms with van der Waals surface area (Å²) in [6, 6.07) is 20.9. The fraction of sp³-hybridized carbons (Fsp3) is 0.0870. The van der Waals surface area contributed by atoms with E-state index in [2.05, 4.69) is 0 Å². The average molecular weight is 478 g/mol. The summed E-state index contributed by atoms with van der Waals surface area (Å²) in [5.74, 6) is 0.792. The zero-order valence-electron chi connectivity index (χ0n) is 15.9. The number of benzene rings is 3. The topological polar surface area (TPSA) is 27.1 Å². The third-order valence-corrected chi connectivity index (χ3v) is 6.16. The van der Waals surface area contributed by atoms with Crippen molar-refractivity contribution in [3.63, 3.8) is 0 Å². The zero-order valence-corrected chi connectivity index (χ0v) is 18.9. The van der Waals surface area contributed by atoms with E-state index in [0.29, 0.717) is 26.6 Å². The van der Waals surface area contributed by atoms with Crippen molar-refractivity contribution in [1.82, 2.24) is 9.78 Å². The van der Waals surface area contributed by atoms with Crippen LogP contribution >= 0.6 is 46.4 Å². The van der Waals surface area contributed by atoms with Crippen LogP contribution in [0.25, 0.3) is 22.5 Å². The van der Waals surface area contributed by atoms with Gasteiger partial charge in [-0.15, -0.1) is 0 Å². The summed E-state index contributed by atoms with van der Waals surface area (Å²) in [7, 11) is 1.65. The maximum Gasteiger partial charge on any atom is 0.119 e. The molecule has 0 N–H and O–H groups in total. The van der Waals surface area contributed by atoms with Gasteiger partial charge in [-0.25, -0.2) is 0 Å². The Morgan fingerprint density at radius 3 is 2.10 bits per heavy atom. The van der Waals surface area contributed by atoms with Crippen LogP contribution < -0.4 is 4.74 Å². The highest BCUT2D eigenvalue weighted by atomic mass is 35.5. The molecule has 0 radical (unpaired) electrons. The molecule has 0 amide bonds. The molecule has 152 valence electrons. The van der Waals surface area contributed by atoms with Crippen molar-refractivity contribution < 1.29 is 4.74 Å². The first-order valence-electron chi connectivity index (χ1n) is 9.06. The molecule has 0 aliphatic carbocycles. The lowest BCUT2D eigenvalue weighted by molar-refractivity contribution is 0.414. The van der Waals surface area contributed by atoms with E-state index in [1.54, 1.807) is 25.3 Å². The van der Waals surface area contributed by atoms with Gasteiger partial charge in [0.05, 0.1) is 45.1 Å². The van der Waals surface area contributed by atoms with Gasteiger partial charge in [0, 0.05) is 11.1 Å². The quantitative estimate of drug-likeness (QED) is 0.292. The number of nitrogens with zero attached hydrogens (tertiary/aromatic N) is 2. The lowest BCUT2D eigenvalue weighted by atomic mass is 10.1. The SMILES string of the molecule is COc1cccc(Cn2nc(-c3ccc(Cl)c(Cl)c3)cc2-c2ccc(Cl)c(Cl)c2)c1. The molecule has 0 atom stereocenters. The van der Waals surface area contributed by atoms with Gasteiger partial charge >= 0.3 is 0 Å². The highest BCUT2D eigenvalue weighted by Gasteiger charge is 2.14. The van der Waals surface area contributed by atoms with Gasteiger partial charge in [-0.05, 0) is 48.0 Å². The van der Waals surface area contributed by atoms with Gasteiger partial charge in [0.15, 0.2) is 0 Å². The summed E-state index contributed by atoms with van der Waals surface area (Å²) >= 11 is 24.7. The second kappa shape index (κ2) is 8.91. The van der Waals surface area contributed by atoms with Crippen molar-refractivity contribution >= 4 is 46.4 Å². The molecule has 3 nitrogen and oxygen atoms in total. The smallest absolute Gasteiger partial charge is 0.119 e. The number of rotatable bonds is 5. The lowest BCUT2D eigenvalue weighted by Gasteiger charge is -2.10. The first-order valence-corrected chi connectivity index (χ1v) is 10.6. The van der Waals surface area contributed by atoms with Gasteiger partial charge in [0.1, 0.15) is 5.75 Å². The van der Waals surface area contributed by atoms with E-state index in [1.807, 2.05) is 53.2 Å². The predicted molar refractivity (Wildman–Crippen MR) is 125 cm³/mol. The number of halogens is 4. The molecule has 1 aromatic heterocycles. The maximum atomic E-state index is 6.27. The van der Waals surface area contributed by atoms with E-state index >= 15 is 0 Å². The Morgan fingerprint density at radius 2 is 1.43 bits per heavy atom. The van der Waals surface area contributed by atoms with Crippen LogP contribution in [-0.2, 0) is 6.54 Å². The molecule has 3 aromatic carbocycles. The van der Waals surface area contributed by atoms with Crippen molar-refractivity contribution in [3.05, 3.63) is 92.4 Å². The Hall–Kier alpha value is -2.17. The molecule has 30 heavy (non-hydrogen) atoms. The minimum atomic E-state index is 0.479. The molecule has 0 unspecified atom stereocenters. The summed E-state index contributed by atoms with van der Waals surface area (Å²) in [5, 5.41) is 6.80. The van der Waals surface area contributed by atoms with Crippen LogP contribution in [0.4, 0.5) is 0 Å². The summed E-state index contributed by atoms with van der Waals surface area (Å²) < 4.78 is 7.27. The Morgan fingerprint density at radius 1 is 0.767 bits per heavy atom. The molecule has 4 rings (SSSR count). The van der Waals surface area contributed by atoms with Crippen molar-refractivity contribution in [1.29, 1.82) is 0 Å². The fourth-order valence-corrected chi connectivity index (χ4v) is 3.76. The summed E-state index contributed by atoms with van der Waals surface area (Å²) in [4.78, 5) is 0. The molecule has 0 aliphatic heterocycles. The molecule has 0 fully saturated rings. The highest BCUT2D eigenvalue weighted by Crippen LogP contribution is 2.33. The standard InChI is InChI=1S/C23H16Cl4N2O/c1-30-17-4-2-3-14(9-17)13-29-23(16-6-8-19(25)21(27)11-16)12-22(28-29)15-5-7-18(24)20(26)10-15/h2-12H,13H2,1H3.